The van der Waals surface area contributed by atoms with Gasteiger partial charge in [-0.15, -0.1) is 0 Å². The maximum atomic E-state index is 15.0. The van der Waals surface area contributed by atoms with Gasteiger partial charge in [0.1, 0.15) is 0 Å². The van der Waals surface area contributed by atoms with Crippen molar-refractivity contribution in [2.45, 2.75) is 90.4 Å². The van der Waals surface area contributed by atoms with Crippen LogP contribution < -0.4 is 0 Å². The van der Waals surface area contributed by atoms with E-state index in [2.05, 4.69) is 19.9 Å². The summed E-state index contributed by atoms with van der Waals surface area (Å²) >= 11 is 0. The molecule has 2 heteroatoms. The molecule has 1 aromatic carbocycles. The minimum atomic E-state index is -0.520. The second-order valence-corrected chi connectivity index (χ2v) is 9.58. The van der Waals surface area contributed by atoms with Gasteiger partial charge in [-0.3, -0.25) is 0 Å². The summed E-state index contributed by atoms with van der Waals surface area (Å²) < 4.78 is 29.9. The predicted molar refractivity (Wildman–Crippen MR) is 103 cm³/mol. The van der Waals surface area contributed by atoms with Crippen LogP contribution in [0.3, 0.4) is 0 Å². The second-order valence-electron chi connectivity index (χ2n) is 9.58. The Kier molecular flexibility index (Phi) is 5.39. The fraction of sp³-hybridized carbons (Fsp3) is 0.750. The molecule has 26 heavy (non-hydrogen) atoms. The minimum absolute atomic E-state index is 0.234. The van der Waals surface area contributed by atoms with Gasteiger partial charge in [-0.25, -0.2) is 8.78 Å². The molecule has 3 aliphatic rings. The first-order valence-corrected chi connectivity index (χ1v) is 11.1. The fourth-order valence-corrected chi connectivity index (χ4v) is 6.29. The average Bonchev–Trinajstić information content (AvgIpc) is 2.65. The molecule has 144 valence electrons. The molecule has 4 rings (SSSR count). The molecule has 0 aromatic heterocycles. The van der Waals surface area contributed by atoms with Crippen molar-refractivity contribution >= 4 is 0 Å². The van der Waals surface area contributed by atoms with Gasteiger partial charge in [0.25, 0.3) is 0 Å². The Morgan fingerprint density at radius 2 is 1.73 bits per heavy atom. The lowest BCUT2D eigenvalue weighted by Crippen LogP contribution is -2.30. The molecule has 2 saturated carbocycles. The van der Waals surface area contributed by atoms with E-state index in [1.54, 1.807) is 0 Å². The molecule has 0 spiro atoms. The van der Waals surface area contributed by atoms with E-state index >= 15 is 0 Å². The first-order valence-electron chi connectivity index (χ1n) is 11.1. The molecule has 0 saturated heterocycles. The van der Waals surface area contributed by atoms with E-state index in [-0.39, 0.29) is 5.92 Å². The maximum Gasteiger partial charge on any atom is 0.162 e. The Labute approximate surface area is 157 Å². The molecule has 0 heterocycles. The maximum absolute atomic E-state index is 15.0. The lowest BCUT2D eigenvalue weighted by molar-refractivity contribution is 0.123. The van der Waals surface area contributed by atoms with E-state index in [1.807, 2.05) is 0 Å². The van der Waals surface area contributed by atoms with Gasteiger partial charge in [-0.05, 0) is 97.6 Å². The molecule has 2 fully saturated rings. The van der Waals surface area contributed by atoms with Crippen LogP contribution in [0.25, 0.3) is 0 Å². The number of hydrogen-bond donors (Lipinski definition) is 0. The molecule has 0 aliphatic heterocycles. The largest absolute Gasteiger partial charge is 0.203 e. The summed E-state index contributed by atoms with van der Waals surface area (Å²) in [7, 11) is 0. The van der Waals surface area contributed by atoms with Crippen LogP contribution in [0.5, 0.6) is 0 Å². The van der Waals surface area contributed by atoms with Gasteiger partial charge in [0.05, 0.1) is 0 Å². The Bertz CT molecular complexity index is 650. The number of halogens is 2. The molecule has 5 unspecified atom stereocenters. The van der Waals surface area contributed by atoms with Crippen molar-refractivity contribution in [1.29, 1.82) is 0 Å². The van der Waals surface area contributed by atoms with E-state index in [1.165, 1.54) is 25.7 Å². The number of fused-ring (bicyclic) bond motifs is 2. The zero-order valence-corrected chi connectivity index (χ0v) is 16.5. The standard InChI is InChI=1S/C24H34F2/c1-3-4-16-6-8-20-14-22(24(26)23(25)21(20)12-16)19-10-9-17-11-15(2)5-7-18(17)13-19/h14-19H,3-13H2,1-2H3. The summed E-state index contributed by atoms with van der Waals surface area (Å²) in [4.78, 5) is 0. The van der Waals surface area contributed by atoms with Crippen molar-refractivity contribution in [3.05, 3.63) is 34.4 Å². The highest BCUT2D eigenvalue weighted by atomic mass is 19.2. The molecule has 3 aliphatic carbocycles. The molecular formula is C24H34F2. The van der Waals surface area contributed by atoms with Crippen LogP contribution >= 0.6 is 0 Å². The van der Waals surface area contributed by atoms with Gasteiger partial charge in [-0.1, -0.05) is 39.2 Å². The number of rotatable bonds is 3. The van der Waals surface area contributed by atoms with Crippen molar-refractivity contribution in [1.82, 2.24) is 0 Å². The summed E-state index contributed by atoms with van der Waals surface area (Å²) in [6, 6.07) is 2.06. The van der Waals surface area contributed by atoms with Crippen molar-refractivity contribution < 1.29 is 8.78 Å². The Balaban J connectivity index is 1.56. The van der Waals surface area contributed by atoms with E-state index < -0.39 is 11.6 Å². The Morgan fingerprint density at radius 3 is 2.54 bits per heavy atom. The summed E-state index contributed by atoms with van der Waals surface area (Å²) in [5, 5.41) is 0. The first kappa shape index (κ1) is 18.4. The van der Waals surface area contributed by atoms with Crippen LogP contribution in [-0.4, -0.2) is 0 Å². The highest BCUT2D eigenvalue weighted by Crippen LogP contribution is 2.48. The minimum Gasteiger partial charge on any atom is -0.203 e. The molecule has 1 aromatic rings. The summed E-state index contributed by atoms with van der Waals surface area (Å²) in [5.41, 5.74) is 2.49. The van der Waals surface area contributed by atoms with Crippen LogP contribution in [0.2, 0.25) is 0 Å². The molecule has 0 bridgehead atoms. The number of benzene rings is 1. The van der Waals surface area contributed by atoms with Gasteiger partial charge in [0.2, 0.25) is 0 Å². The second kappa shape index (κ2) is 7.60. The highest BCUT2D eigenvalue weighted by Gasteiger charge is 2.36. The smallest absolute Gasteiger partial charge is 0.162 e. The van der Waals surface area contributed by atoms with Gasteiger partial charge in [-0.2, -0.15) is 0 Å². The molecule has 0 N–H and O–H groups in total. The first-order chi connectivity index (χ1) is 12.6. The average molecular weight is 361 g/mol. The van der Waals surface area contributed by atoms with Crippen LogP contribution in [0, 0.1) is 35.3 Å². The van der Waals surface area contributed by atoms with Crippen LogP contribution in [-0.2, 0) is 12.8 Å². The number of hydrogen-bond acceptors (Lipinski definition) is 0. The predicted octanol–water partition coefficient (Wildman–Crippen LogP) is 7.19. The molecule has 0 radical (unpaired) electrons. The monoisotopic (exact) mass is 360 g/mol. The lowest BCUT2D eigenvalue weighted by Gasteiger charge is -2.42. The van der Waals surface area contributed by atoms with Crippen molar-refractivity contribution in [3.63, 3.8) is 0 Å². The van der Waals surface area contributed by atoms with Gasteiger partial charge in [0, 0.05) is 0 Å². The zero-order valence-electron chi connectivity index (χ0n) is 16.5. The van der Waals surface area contributed by atoms with Gasteiger partial charge in [0.15, 0.2) is 11.6 Å². The molecule has 0 amide bonds. The third kappa shape index (κ3) is 3.45. The lowest BCUT2D eigenvalue weighted by atomic mass is 9.64. The normalized spacial score (nSPS) is 34.2. The molecule has 0 nitrogen and oxygen atoms in total. The summed E-state index contributed by atoms with van der Waals surface area (Å²) in [6.45, 7) is 4.55. The van der Waals surface area contributed by atoms with Crippen molar-refractivity contribution in [3.8, 4) is 0 Å². The molecule has 5 atom stereocenters. The third-order valence-corrected chi connectivity index (χ3v) is 7.76. The van der Waals surface area contributed by atoms with Crippen LogP contribution in [0.4, 0.5) is 8.78 Å². The summed E-state index contributed by atoms with van der Waals surface area (Å²) in [6.07, 6.45) is 12.3. The van der Waals surface area contributed by atoms with Gasteiger partial charge >= 0.3 is 0 Å². The third-order valence-electron chi connectivity index (χ3n) is 7.76. The Morgan fingerprint density at radius 1 is 0.962 bits per heavy atom. The number of aryl methyl sites for hydroxylation is 1. The van der Waals surface area contributed by atoms with Crippen molar-refractivity contribution in [2.75, 3.05) is 0 Å². The van der Waals surface area contributed by atoms with E-state index in [0.29, 0.717) is 17.0 Å². The van der Waals surface area contributed by atoms with E-state index in [4.69, 9.17) is 0 Å². The molecular weight excluding hydrogens is 326 g/mol. The van der Waals surface area contributed by atoms with Crippen LogP contribution in [0.15, 0.2) is 6.07 Å². The SMILES string of the molecule is CCCC1CCc2cc(C3CCC4CC(C)CCC4C3)c(F)c(F)c2C1. The van der Waals surface area contributed by atoms with Crippen molar-refractivity contribution in [2.24, 2.45) is 23.7 Å². The Hall–Kier alpha value is -0.920. The fourth-order valence-electron chi connectivity index (χ4n) is 6.29. The summed E-state index contributed by atoms with van der Waals surface area (Å²) in [5.74, 6) is 2.14. The van der Waals surface area contributed by atoms with Crippen LogP contribution in [0.1, 0.15) is 94.2 Å². The topological polar surface area (TPSA) is 0 Å². The van der Waals surface area contributed by atoms with E-state index in [0.717, 1.165) is 68.3 Å². The van der Waals surface area contributed by atoms with E-state index in [9.17, 15) is 8.78 Å². The highest BCUT2D eigenvalue weighted by molar-refractivity contribution is 5.38. The quantitative estimate of drug-likeness (QED) is 0.535. The zero-order chi connectivity index (χ0) is 18.3. The van der Waals surface area contributed by atoms with Gasteiger partial charge < -0.3 is 0 Å².